The summed E-state index contributed by atoms with van der Waals surface area (Å²) in [7, 11) is 0. The van der Waals surface area contributed by atoms with E-state index in [0.29, 0.717) is 5.56 Å². The van der Waals surface area contributed by atoms with Gasteiger partial charge in [0.15, 0.2) is 0 Å². The number of nitrogens with two attached hydrogens (primary N) is 1. The summed E-state index contributed by atoms with van der Waals surface area (Å²) >= 11 is 0. The van der Waals surface area contributed by atoms with Gasteiger partial charge in [0, 0.05) is 6.20 Å². The monoisotopic (exact) mass is 192 g/mol. The molecule has 6 heteroatoms. The van der Waals surface area contributed by atoms with E-state index < -0.39 is 12.0 Å². The highest BCUT2D eigenvalue weighted by molar-refractivity contribution is 5.75. The predicted molar refractivity (Wildman–Crippen MR) is 47.6 cm³/mol. The van der Waals surface area contributed by atoms with E-state index >= 15 is 0 Å². The van der Waals surface area contributed by atoms with Crippen LogP contribution in [0.1, 0.15) is 11.6 Å². The molecule has 0 aliphatic carbocycles. The lowest BCUT2D eigenvalue weighted by Crippen LogP contribution is -2.20. The van der Waals surface area contributed by atoms with Crippen molar-refractivity contribution >= 4 is 11.5 Å². The van der Waals surface area contributed by atoms with Gasteiger partial charge in [0.25, 0.3) is 0 Å². The highest BCUT2D eigenvalue weighted by atomic mass is 16.4. The number of carboxylic acid groups (broad SMARTS) is 1. The standard InChI is InChI=1S/C8H8N4O2/c9-7(8(13)14)5-1-2-12-6(3-5)4-10-11-12/h1-4,7H,9H2,(H,13,14). The number of hydrogen-bond acceptors (Lipinski definition) is 4. The minimum absolute atomic E-state index is 0.535. The third kappa shape index (κ3) is 1.31. The van der Waals surface area contributed by atoms with E-state index in [1.165, 1.54) is 10.7 Å². The molecule has 1 unspecified atom stereocenters. The molecule has 0 fully saturated rings. The number of hydrogen-bond donors (Lipinski definition) is 2. The average Bonchev–Trinajstić information content (AvgIpc) is 2.62. The van der Waals surface area contributed by atoms with Crippen molar-refractivity contribution < 1.29 is 9.90 Å². The van der Waals surface area contributed by atoms with Crippen molar-refractivity contribution in [2.75, 3.05) is 0 Å². The molecule has 3 N–H and O–H groups in total. The smallest absolute Gasteiger partial charge is 0.325 e. The minimum atomic E-state index is -1.05. The lowest BCUT2D eigenvalue weighted by Gasteiger charge is -2.05. The highest BCUT2D eigenvalue weighted by Crippen LogP contribution is 2.12. The zero-order chi connectivity index (χ0) is 10.1. The van der Waals surface area contributed by atoms with E-state index in [-0.39, 0.29) is 0 Å². The van der Waals surface area contributed by atoms with Gasteiger partial charge in [-0.2, -0.15) is 0 Å². The molecule has 2 rings (SSSR count). The van der Waals surface area contributed by atoms with Crippen LogP contribution < -0.4 is 5.73 Å². The molecule has 0 saturated carbocycles. The van der Waals surface area contributed by atoms with Crippen molar-refractivity contribution in [3.63, 3.8) is 0 Å². The largest absolute Gasteiger partial charge is 0.480 e. The Bertz CT molecular complexity index is 479. The first-order valence-corrected chi connectivity index (χ1v) is 3.97. The second kappa shape index (κ2) is 3.08. The first-order chi connectivity index (χ1) is 6.68. The number of rotatable bonds is 2. The number of aliphatic carboxylic acids is 1. The average molecular weight is 192 g/mol. The van der Waals surface area contributed by atoms with Crippen LogP contribution >= 0.6 is 0 Å². The maximum Gasteiger partial charge on any atom is 0.325 e. The molecular weight excluding hydrogens is 184 g/mol. The van der Waals surface area contributed by atoms with Gasteiger partial charge in [-0.1, -0.05) is 5.21 Å². The molecule has 0 aromatic carbocycles. The Morgan fingerprint density at radius 2 is 2.43 bits per heavy atom. The Kier molecular flexibility index (Phi) is 1.90. The quantitative estimate of drug-likeness (QED) is 0.688. The van der Waals surface area contributed by atoms with Crippen molar-refractivity contribution in [2.45, 2.75) is 6.04 Å². The van der Waals surface area contributed by atoms with Crippen LogP contribution in [0.25, 0.3) is 5.52 Å². The molecule has 0 saturated heterocycles. The SMILES string of the molecule is NC(C(=O)O)c1ccn2nncc2c1. The second-order valence-corrected chi connectivity index (χ2v) is 2.88. The summed E-state index contributed by atoms with van der Waals surface area (Å²) in [5.41, 5.74) is 6.70. The molecule has 0 aliphatic rings. The van der Waals surface area contributed by atoms with Gasteiger partial charge >= 0.3 is 5.97 Å². The van der Waals surface area contributed by atoms with E-state index in [4.69, 9.17) is 10.8 Å². The zero-order valence-corrected chi connectivity index (χ0v) is 7.16. The fraction of sp³-hybridized carbons (Fsp3) is 0.125. The first-order valence-electron chi connectivity index (χ1n) is 3.97. The molecule has 72 valence electrons. The van der Waals surface area contributed by atoms with Gasteiger partial charge in [0.05, 0.1) is 11.7 Å². The van der Waals surface area contributed by atoms with Crippen LogP contribution in [0.5, 0.6) is 0 Å². The van der Waals surface area contributed by atoms with E-state index in [1.807, 2.05) is 0 Å². The predicted octanol–water partition coefficient (Wildman–Crippen LogP) is -0.186. The summed E-state index contributed by atoms with van der Waals surface area (Å²) in [4.78, 5) is 10.6. The lowest BCUT2D eigenvalue weighted by molar-refractivity contribution is -0.138. The molecular formula is C8H8N4O2. The zero-order valence-electron chi connectivity index (χ0n) is 7.16. The maximum atomic E-state index is 10.6. The number of carboxylic acids is 1. The number of fused-ring (bicyclic) bond motifs is 1. The Balaban J connectivity index is 2.48. The van der Waals surface area contributed by atoms with Gasteiger partial charge in [-0.05, 0) is 17.7 Å². The van der Waals surface area contributed by atoms with Crippen molar-refractivity contribution in [1.29, 1.82) is 0 Å². The summed E-state index contributed by atoms with van der Waals surface area (Å²) < 4.78 is 1.54. The van der Waals surface area contributed by atoms with Crippen LogP contribution in [-0.2, 0) is 4.79 Å². The number of pyridine rings is 1. The van der Waals surface area contributed by atoms with Crippen molar-refractivity contribution in [1.82, 2.24) is 14.8 Å². The normalized spacial score (nSPS) is 12.9. The lowest BCUT2D eigenvalue weighted by atomic mass is 10.1. The van der Waals surface area contributed by atoms with Gasteiger partial charge in [-0.15, -0.1) is 5.10 Å². The third-order valence-corrected chi connectivity index (χ3v) is 1.95. The van der Waals surface area contributed by atoms with Crippen molar-refractivity contribution in [2.24, 2.45) is 5.73 Å². The summed E-state index contributed by atoms with van der Waals surface area (Å²) in [6.45, 7) is 0. The molecule has 2 aromatic heterocycles. The highest BCUT2D eigenvalue weighted by Gasteiger charge is 2.14. The minimum Gasteiger partial charge on any atom is -0.480 e. The van der Waals surface area contributed by atoms with Crippen LogP contribution in [0.3, 0.4) is 0 Å². The van der Waals surface area contributed by atoms with Gasteiger partial charge in [0.2, 0.25) is 0 Å². The molecule has 6 nitrogen and oxygen atoms in total. The van der Waals surface area contributed by atoms with E-state index in [1.54, 1.807) is 18.3 Å². The molecule has 0 amide bonds. The fourth-order valence-corrected chi connectivity index (χ4v) is 1.18. The Morgan fingerprint density at radius 3 is 3.14 bits per heavy atom. The topological polar surface area (TPSA) is 93.5 Å². The van der Waals surface area contributed by atoms with Gasteiger partial charge in [-0.25, -0.2) is 4.52 Å². The van der Waals surface area contributed by atoms with Crippen molar-refractivity contribution in [3.8, 4) is 0 Å². The van der Waals surface area contributed by atoms with Crippen LogP contribution in [-0.4, -0.2) is 25.9 Å². The first kappa shape index (κ1) is 8.64. The molecule has 0 bridgehead atoms. The summed E-state index contributed by atoms with van der Waals surface area (Å²) in [6, 6.07) is 2.26. The summed E-state index contributed by atoms with van der Waals surface area (Å²) in [5.74, 6) is -1.05. The van der Waals surface area contributed by atoms with Crippen LogP contribution in [0, 0.1) is 0 Å². The van der Waals surface area contributed by atoms with Crippen LogP contribution in [0.4, 0.5) is 0 Å². The van der Waals surface area contributed by atoms with Crippen LogP contribution in [0.15, 0.2) is 24.5 Å². The van der Waals surface area contributed by atoms with Gasteiger partial charge in [0.1, 0.15) is 6.04 Å². The van der Waals surface area contributed by atoms with Gasteiger partial charge < -0.3 is 10.8 Å². The Labute approximate surface area is 79.0 Å². The number of aromatic nitrogens is 3. The molecule has 0 spiro atoms. The van der Waals surface area contributed by atoms with Gasteiger partial charge in [-0.3, -0.25) is 4.79 Å². The van der Waals surface area contributed by atoms with E-state index in [2.05, 4.69) is 10.3 Å². The van der Waals surface area contributed by atoms with E-state index in [0.717, 1.165) is 5.52 Å². The van der Waals surface area contributed by atoms with Crippen molar-refractivity contribution in [3.05, 3.63) is 30.1 Å². The van der Waals surface area contributed by atoms with E-state index in [9.17, 15) is 4.79 Å². The molecule has 1 atom stereocenters. The summed E-state index contributed by atoms with van der Waals surface area (Å²) in [6.07, 6.45) is 3.17. The Hall–Kier alpha value is -1.95. The Morgan fingerprint density at radius 1 is 1.64 bits per heavy atom. The molecule has 0 radical (unpaired) electrons. The third-order valence-electron chi connectivity index (χ3n) is 1.95. The molecule has 14 heavy (non-hydrogen) atoms. The number of carbonyl (C=O) groups is 1. The summed E-state index contributed by atoms with van der Waals surface area (Å²) in [5, 5.41) is 16.1. The fourth-order valence-electron chi connectivity index (χ4n) is 1.18. The second-order valence-electron chi connectivity index (χ2n) is 2.88. The maximum absolute atomic E-state index is 10.6. The molecule has 0 aliphatic heterocycles. The molecule has 2 heterocycles. The van der Waals surface area contributed by atoms with Crippen LogP contribution in [0.2, 0.25) is 0 Å². The number of nitrogens with zero attached hydrogens (tertiary/aromatic N) is 3. The molecule has 2 aromatic rings.